The van der Waals surface area contributed by atoms with Crippen molar-refractivity contribution in [3.8, 4) is 5.75 Å². The van der Waals surface area contributed by atoms with Crippen LogP contribution in [0.5, 0.6) is 5.75 Å². The van der Waals surface area contributed by atoms with Crippen LogP contribution in [0.2, 0.25) is 0 Å². The quantitative estimate of drug-likeness (QED) is 0.260. The first-order valence-electron chi connectivity index (χ1n) is 8.95. The van der Waals surface area contributed by atoms with Gasteiger partial charge in [-0.25, -0.2) is 5.43 Å². The summed E-state index contributed by atoms with van der Waals surface area (Å²) in [5.41, 5.74) is 2.86. The zero-order valence-corrected chi connectivity index (χ0v) is 17.1. The van der Waals surface area contributed by atoms with Crippen molar-refractivity contribution in [2.75, 3.05) is 0 Å². The average Bonchev–Trinajstić information content (AvgIpc) is 2.75. The summed E-state index contributed by atoms with van der Waals surface area (Å²) >= 11 is 0. The van der Waals surface area contributed by atoms with Crippen molar-refractivity contribution in [2.45, 2.75) is 11.8 Å². The van der Waals surface area contributed by atoms with Gasteiger partial charge in [0.15, 0.2) is 5.75 Å². The van der Waals surface area contributed by atoms with Crippen LogP contribution >= 0.6 is 0 Å². The highest BCUT2D eigenvalue weighted by molar-refractivity contribution is 7.87. The second-order valence-electron chi connectivity index (χ2n) is 6.36. The fraction of sp³-hybridized carbons (Fsp3) is 0.0476. The number of nitrogens with one attached hydrogen (secondary N) is 1. The number of hydrazone groups is 1. The molecule has 158 valence electrons. The van der Waals surface area contributed by atoms with Gasteiger partial charge in [-0.2, -0.15) is 13.5 Å². The predicted octanol–water partition coefficient (Wildman–Crippen LogP) is 3.43. The molecular weight excluding hydrogens is 422 g/mol. The maximum Gasteiger partial charge on any atom is 0.339 e. The SMILES string of the molecule is Cc1ccc(S(=O)(=O)Oc2ccccc2/C=N/NC(=O)c2ccccc2[N+](=O)[O-])cc1. The molecule has 0 spiro atoms. The lowest BCUT2D eigenvalue weighted by Gasteiger charge is -2.09. The maximum atomic E-state index is 12.5. The number of nitrogens with zero attached hydrogens (tertiary/aromatic N) is 2. The van der Waals surface area contributed by atoms with Crippen LogP contribution in [0, 0.1) is 17.0 Å². The predicted molar refractivity (Wildman–Crippen MR) is 114 cm³/mol. The van der Waals surface area contributed by atoms with Gasteiger partial charge in [0.25, 0.3) is 11.6 Å². The Morgan fingerprint density at radius 2 is 1.68 bits per heavy atom. The van der Waals surface area contributed by atoms with E-state index in [2.05, 4.69) is 10.5 Å². The van der Waals surface area contributed by atoms with E-state index >= 15 is 0 Å². The first-order valence-corrected chi connectivity index (χ1v) is 10.4. The van der Waals surface area contributed by atoms with Gasteiger partial charge in [-0.15, -0.1) is 0 Å². The van der Waals surface area contributed by atoms with E-state index in [1.165, 1.54) is 48.7 Å². The Balaban J connectivity index is 1.78. The molecule has 0 bridgehead atoms. The van der Waals surface area contributed by atoms with Crippen molar-refractivity contribution < 1.29 is 22.3 Å². The zero-order valence-electron chi connectivity index (χ0n) is 16.3. The second kappa shape index (κ2) is 9.18. The molecule has 9 nitrogen and oxygen atoms in total. The molecule has 0 aromatic heterocycles. The van der Waals surface area contributed by atoms with Crippen molar-refractivity contribution in [3.63, 3.8) is 0 Å². The zero-order chi connectivity index (χ0) is 22.4. The van der Waals surface area contributed by atoms with E-state index in [0.717, 1.165) is 5.56 Å². The van der Waals surface area contributed by atoms with Crippen LogP contribution < -0.4 is 9.61 Å². The summed E-state index contributed by atoms with van der Waals surface area (Å²) in [7, 11) is -4.08. The van der Waals surface area contributed by atoms with E-state index in [1.54, 1.807) is 30.3 Å². The number of benzene rings is 3. The van der Waals surface area contributed by atoms with Gasteiger partial charge in [0, 0.05) is 11.6 Å². The Morgan fingerprint density at radius 1 is 1.03 bits per heavy atom. The van der Waals surface area contributed by atoms with Gasteiger partial charge in [-0.05, 0) is 37.3 Å². The summed E-state index contributed by atoms with van der Waals surface area (Å²) < 4.78 is 30.3. The van der Waals surface area contributed by atoms with Crippen molar-refractivity contribution in [2.24, 2.45) is 5.10 Å². The van der Waals surface area contributed by atoms with Crippen LogP contribution in [0.4, 0.5) is 5.69 Å². The number of amides is 1. The van der Waals surface area contributed by atoms with Crippen molar-refractivity contribution in [1.82, 2.24) is 5.43 Å². The van der Waals surface area contributed by atoms with Crippen LogP contribution in [0.25, 0.3) is 0 Å². The molecule has 0 saturated heterocycles. The summed E-state index contributed by atoms with van der Waals surface area (Å²) in [5.74, 6) is -0.777. The summed E-state index contributed by atoms with van der Waals surface area (Å²) in [6.07, 6.45) is 1.19. The number of rotatable bonds is 7. The highest BCUT2D eigenvalue weighted by atomic mass is 32.2. The molecule has 0 radical (unpaired) electrons. The number of para-hydroxylation sites is 2. The van der Waals surface area contributed by atoms with Crippen LogP contribution in [0.3, 0.4) is 0 Å². The lowest BCUT2D eigenvalue weighted by Crippen LogP contribution is -2.19. The molecule has 1 N–H and O–H groups in total. The van der Waals surface area contributed by atoms with E-state index < -0.39 is 20.9 Å². The Bertz CT molecular complexity index is 1250. The topological polar surface area (TPSA) is 128 Å². The van der Waals surface area contributed by atoms with Crippen molar-refractivity contribution in [3.05, 3.63) is 99.6 Å². The van der Waals surface area contributed by atoms with Gasteiger partial charge in [0.2, 0.25) is 0 Å². The highest BCUT2D eigenvalue weighted by Gasteiger charge is 2.19. The Labute approximate surface area is 178 Å². The molecule has 0 atom stereocenters. The van der Waals surface area contributed by atoms with E-state index in [0.29, 0.717) is 0 Å². The van der Waals surface area contributed by atoms with Crippen LogP contribution in [0.1, 0.15) is 21.5 Å². The summed E-state index contributed by atoms with van der Waals surface area (Å²) in [4.78, 5) is 22.6. The summed E-state index contributed by atoms with van der Waals surface area (Å²) in [6.45, 7) is 1.83. The summed E-state index contributed by atoms with van der Waals surface area (Å²) in [5, 5.41) is 14.8. The monoisotopic (exact) mass is 439 g/mol. The number of nitro benzene ring substituents is 1. The van der Waals surface area contributed by atoms with Gasteiger partial charge in [0.05, 0.1) is 11.1 Å². The van der Waals surface area contributed by atoms with Crippen LogP contribution in [-0.4, -0.2) is 25.5 Å². The number of hydrogen-bond donors (Lipinski definition) is 1. The number of carbonyl (C=O) groups is 1. The minimum atomic E-state index is -4.08. The summed E-state index contributed by atoms with van der Waals surface area (Å²) in [6, 6.07) is 17.8. The minimum absolute atomic E-state index is 0.00506. The van der Waals surface area contributed by atoms with Crippen LogP contribution in [-0.2, 0) is 10.1 Å². The third kappa shape index (κ3) is 5.31. The number of aryl methyl sites for hydroxylation is 1. The molecule has 3 aromatic carbocycles. The third-order valence-corrected chi connectivity index (χ3v) is 5.39. The number of carbonyl (C=O) groups excluding carboxylic acids is 1. The van der Waals surface area contributed by atoms with Crippen molar-refractivity contribution >= 4 is 27.9 Å². The van der Waals surface area contributed by atoms with E-state index in [1.807, 2.05) is 6.92 Å². The molecule has 0 saturated carbocycles. The van der Waals surface area contributed by atoms with Gasteiger partial charge in [-0.3, -0.25) is 14.9 Å². The molecule has 0 aliphatic carbocycles. The molecule has 10 heteroatoms. The molecular formula is C21H17N3O6S. The molecule has 0 fully saturated rings. The minimum Gasteiger partial charge on any atom is -0.378 e. The van der Waals surface area contributed by atoms with Gasteiger partial charge in [-0.1, -0.05) is 42.0 Å². The smallest absolute Gasteiger partial charge is 0.339 e. The molecule has 0 aliphatic heterocycles. The Morgan fingerprint density at radius 3 is 2.39 bits per heavy atom. The van der Waals surface area contributed by atoms with Gasteiger partial charge in [0.1, 0.15) is 10.5 Å². The highest BCUT2D eigenvalue weighted by Crippen LogP contribution is 2.22. The normalized spacial score (nSPS) is 11.3. The van der Waals surface area contributed by atoms with Gasteiger partial charge < -0.3 is 4.18 Å². The molecule has 31 heavy (non-hydrogen) atoms. The Kier molecular flexibility index (Phi) is 6.41. The lowest BCUT2D eigenvalue weighted by molar-refractivity contribution is -0.385. The third-order valence-electron chi connectivity index (χ3n) is 4.14. The standard InChI is InChI=1S/C21H17N3O6S/c1-15-10-12-17(13-11-15)31(28,29)30-20-9-5-2-6-16(20)14-22-23-21(25)18-7-3-4-8-19(18)24(26)27/h2-14H,1H3,(H,23,25)/b22-14+. The Hall–Kier alpha value is -4.05. The molecule has 0 aliphatic rings. The molecule has 0 unspecified atom stereocenters. The van der Waals surface area contributed by atoms with E-state index in [4.69, 9.17) is 4.18 Å². The first kappa shape index (κ1) is 21.7. The fourth-order valence-corrected chi connectivity index (χ4v) is 3.53. The largest absolute Gasteiger partial charge is 0.378 e. The number of hydrogen-bond acceptors (Lipinski definition) is 7. The molecule has 3 aromatic rings. The molecule has 3 rings (SSSR count). The lowest BCUT2D eigenvalue weighted by atomic mass is 10.2. The second-order valence-corrected chi connectivity index (χ2v) is 7.91. The fourth-order valence-electron chi connectivity index (χ4n) is 2.58. The first-order chi connectivity index (χ1) is 14.8. The van der Waals surface area contributed by atoms with E-state index in [-0.39, 0.29) is 27.5 Å². The van der Waals surface area contributed by atoms with Crippen LogP contribution in [0.15, 0.2) is 82.8 Å². The van der Waals surface area contributed by atoms with Gasteiger partial charge >= 0.3 is 10.1 Å². The van der Waals surface area contributed by atoms with E-state index in [9.17, 15) is 23.3 Å². The maximum absolute atomic E-state index is 12.5. The molecule has 0 heterocycles. The molecule has 1 amide bonds. The average molecular weight is 439 g/mol. The van der Waals surface area contributed by atoms with Crippen molar-refractivity contribution in [1.29, 1.82) is 0 Å². The number of nitro groups is 1.